The van der Waals surface area contributed by atoms with Crippen molar-refractivity contribution in [3.63, 3.8) is 0 Å². The number of piperazine rings is 1. The highest BCUT2D eigenvalue weighted by molar-refractivity contribution is 5.92. The zero-order chi connectivity index (χ0) is 24.9. The molecule has 10 heteroatoms. The van der Waals surface area contributed by atoms with Crippen molar-refractivity contribution >= 4 is 11.7 Å². The predicted molar refractivity (Wildman–Crippen MR) is 130 cm³/mol. The number of methoxy groups -OCH3 is 1. The average Bonchev–Trinajstić information content (AvgIpc) is 3.38. The summed E-state index contributed by atoms with van der Waals surface area (Å²) in [7, 11) is 1.67. The van der Waals surface area contributed by atoms with Crippen LogP contribution in [0.5, 0.6) is 5.75 Å². The van der Waals surface area contributed by atoms with Crippen LogP contribution in [0.25, 0.3) is 0 Å². The second-order valence-electron chi connectivity index (χ2n) is 8.56. The summed E-state index contributed by atoms with van der Waals surface area (Å²) in [5.74, 6) is -0.576. The molecule has 1 aromatic carbocycles. The molecule has 1 atom stereocenters. The molecule has 0 spiro atoms. The molecule has 0 aliphatic carbocycles. The van der Waals surface area contributed by atoms with Gasteiger partial charge in [-0.1, -0.05) is 12.1 Å². The van der Waals surface area contributed by atoms with Crippen molar-refractivity contribution in [3.05, 3.63) is 81.2 Å². The number of carbonyl (C=O) groups is 1. The van der Waals surface area contributed by atoms with Gasteiger partial charge >= 0.3 is 5.97 Å². The number of benzene rings is 1. The van der Waals surface area contributed by atoms with Gasteiger partial charge < -0.3 is 24.1 Å². The summed E-state index contributed by atoms with van der Waals surface area (Å²) in [5, 5.41) is 14.8. The number of esters is 1. The van der Waals surface area contributed by atoms with Crippen molar-refractivity contribution in [2.75, 3.05) is 51.3 Å². The molecule has 0 saturated carbocycles. The van der Waals surface area contributed by atoms with E-state index in [1.165, 1.54) is 12.5 Å². The number of para-hydroxylation sites is 2. The number of hydrogen-bond acceptors (Lipinski definition) is 9. The molecular weight excluding hydrogens is 452 g/mol. The number of nitro groups is 1. The lowest BCUT2D eigenvalue weighted by atomic mass is 9.85. The lowest BCUT2D eigenvalue weighted by Gasteiger charge is -2.36. The quantitative estimate of drug-likeness (QED) is 0.345. The van der Waals surface area contributed by atoms with Crippen molar-refractivity contribution in [2.24, 2.45) is 0 Å². The Morgan fingerprint density at radius 1 is 1.17 bits per heavy atom. The lowest BCUT2D eigenvalue weighted by molar-refractivity contribution is -0.431. The van der Waals surface area contributed by atoms with Gasteiger partial charge in [-0.05, 0) is 32.0 Å². The van der Waals surface area contributed by atoms with Crippen LogP contribution < -0.4 is 15.0 Å². The molecule has 0 amide bonds. The second kappa shape index (κ2) is 10.6. The van der Waals surface area contributed by atoms with Crippen LogP contribution in [0.15, 0.2) is 69.9 Å². The molecule has 2 aromatic rings. The highest BCUT2D eigenvalue weighted by Gasteiger charge is 2.41. The highest BCUT2D eigenvalue weighted by Crippen LogP contribution is 2.39. The first kappa shape index (κ1) is 24.3. The third-order valence-corrected chi connectivity index (χ3v) is 6.46. The van der Waals surface area contributed by atoms with E-state index in [0.29, 0.717) is 23.5 Å². The molecule has 1 aromatic heterocycles. The van der Waals surface area contributed by atoms with Gasteiger partial charge in [0.15, 0.2) is 0 Å². The number of ether oxygens (including phenoxy) is 2. The summed E-state index contributed by atoms with van der Waals surface area (Å²) in [4.78, 5) is 29.0. The number of dihydropyridines is 1. The highest BCUT2D eigenvalue weighted by atomic mass is 16.6. The zero-order valence-electron chi connectivity index (χ0n) is 20.2. The minimum atomic E-state index is -0.859. The van der Waals surface area contributed by atoms with E-state index in [9.17, 15) is 14.9 Å². The summed E-state index contributed by atoms with van der Waals surface area (Å²) in [5.41, 5.74) is 2.68. The van der Waals surface area contributed by atoms with E-state index in [1.54, 1.807) is 27.0 Å². The van der Waals surface area contributed by atoms with Gasteiger partial charge in [-0.25, -0.2) is 4.79 Å². The Hall–Kier alpha value is -3.79. The first-order valence-electron chi connectivity index (χ1n) is 11.5. The Morgan fingerprint density at radius 3 is 2.57 bits per heavy atom. The van der Waals surface area contributed by atoms with Crippen LogP contribution in [-0.4, -0.2) is 62.2 Å². The van der Waals surface area contributed by atoms with E-state index >= 15 is 0 Å². The van der Waals surface area contributed by atoms with Crippen molar-refractivity contribution in [1.29, 1.82) is 0 Å². The molecule has 3 heterocycles. The second-order valence-corrected chi connectivity index (χ2v) is 8.56. The fourth-order valence-electron chi connectivity index (χ4n) is 4.71. The van der Waals surface area contributed by atoms with Gasteiger partial charge in [0.2, 0.25) is 0 Å². The van der Waals surface area contributed by atoms with E-state index in [-0.39, 0.29) is 17.9 Å². The first-order chi connectivity index (χ1) is 16.9. The minimum Gasteiger partial charge on any atom is -0.495 e. The SMILES string of the molecule is COc1ccccc1N1CCN(CCOC(=O)C2=C(C)NC(C)=C([N+](=O)[O-])C2c2ccoc2)CC1. The molecule has 1 saturated heterocycles. The molecule has 1 unspecified atom stereocenters. The van der Waals surface area contributed by atoms with Crippen molar-refractivity contribution < 1.29 is 23.6 Å². The zero-order valence-corrected chi connectivity index (χ0v) is 20.2. The number of nitrogens with zero attached hydrogens (tertiary/aromatic N) is 3. The Bertz CT molecular complexity index is 1130. The van der Waals surface area contributed by atoms with E-state index in [0.717, 1.165) is 37.6 Å². The summed E-state index contributed by atoms with van der Waals surface area (Å²) in [6, 6.07) is 9.59. The lowest BCUT2D eigenvalue weighted by Crippen LogP contribution is -2.47. The molecular formula is C25H30N4O6. The van der Waals surface area contributed by atoms with E-state index < -0.39 is 16.8 Å². The Kier molecular flexibility index (Phi) is 7.40. The maximum atomic E-state index is 13.1. The van der Waals surface area contributed by atoms with Crippen molar-refractivity contribution in [1.82, 2.24) is 10.2 Å². The summed E-state index contributed by atoms with van der Waals surface area (Å²) in [6.07, 6.45) is 2.86. The minimum absolute atomic E-state index is 0.0867. The average molecular weight is 483 g/mol. The number of allylic oxidation sites excluding steroid dienone is 3. The summed E-state index contributed by atoms with van der Waals surface area (Å²) in [6.45, 7) is 7.44. The van der Waals surface area contributed by atoms with Gasteiger partial charge in [-0.2, -0.15) is 0 Å². The Labute approximate surface area is 203 Å². The van der Waals surface area contributed by atoms with Gasteiger partial charge in [0.05, 0.1) is 41.5 Å². The van der Waals surface area contributed by atoms with Crippen LogP contribution >= 0.6 is 0 Å². The fraction of sp³-hybridized carbons (Fsp3) is 0.400. The number of nitrogens with one attached hydrogen (secondary N) is 1. The monoisotopic (exact) mass is 482 g/mol. The standard InChI is InChI=1S/C25H30N4O6/c1-17-22(23(19-8-14-34-16-19)24(29(31)32)18(2)26-17)25(30)35-15-13-27-9-11-28(12-10-27)20-6-4-5-7-21(20)33-3/h4-8,14,16,23,26H,9-13,15H2,1-3H3. The molecule has 4 rings (SSSR count). The molecule has 2 aliphatic heterocycles. The first-order valence-corrected chi connectivity index (χ1v) is 11.5. The number of carbonyl (C=O) groups excluding carboxylic acids is 1. The predicted octanol–water partition coefficient (Wildman–Crippen LogP) is 3.12. The van der Waals surface area contributed by atoms with Crippen molar-refractivity contribution in [2.45, 2.75) is 19.8 Å². The molecule has 2 aliphatic rings. The van der Waals surface area contributed by atoms with E-state index in [2.05, 4.69) is 21.2 Å². The molecule has 1 N–H and O–H groups in total. The Balaban J connectivity index is 1.36. The third kappa shape index (κ3) is 5.17. The molecule has 186 valence electrons. The van der Waals surface area contributed by atoms with Gasteiger partial charge in [-0.15, -0.1) is 0 Å². The van der Waals surface area contributed by atoms with E-state index in [4.69, 9.17) is 13.9 Å². The smallest absolute Gasteiger partial charge is 0.337 e. The molecule has 10 nitrogen and oxygen atoms in total. The Morgan fingerprint density at radius 2 is 1.91 bits per heavy atom. The normalized spacial score (nSPS) is 18.9. The van der Waals surface area contributed by atoms with E-state index in [1.807, 2.05) is 18.2 Å². The third-order valence-electron chi connectivity index (χ3n) is 6.46. The fourth-order valence-corrected chi connectivity index (χ4v) is 4.71. The molecule has 35 heavy (non-hydrogen) atoms. The van der Waals surface area contributed by atoms with Crippen LogP contribution in [0.4, 0.5) is 5.69 Å². The largest absolute Gasteiger partial charge is 0.495 e. The molecule has 0 bridgehead atoms. The van der Waals surface area contributed by atoms with Crippen LogP contribution in [0.1, 0.15) is 25.3 Å². The molecule has 0 radical (unpaired) electrons. The number of rotatable bonds is 8. The van der Waals surface area contributed by atoms with Crippen LogP contribution in [0, 0.1) is 10.1 Å². The molecule has 1 fully saturated rings. The summed E-state index contributed by atoms with van der Waals surface area (Å²) < 4.78 is 16.2. The maximum Gasteiger partial charge on any atom is 0.337 e. The number of anilines is 1. The maximum absolute atomic E-state index is 13.1. The van der Waals surface area contributed by atoms with Crippen LogP contribution in [0.2, 0.25) is 0 Å². The topological polar surface area (TPSA) is 110 Å². The van der Waals surface area contributed by atoms with Gasteiger partial charge in [0.25, 0.3) is 5.70 Å². The van der Waals surface area contributed by atoms with Crippen LogP contribution in [-0.2, 0) is 9.53 Å². The van der Waals surface area contributed by atoms with Crippen molar-refractivity contribution in [3.8, 4) is 5.75 Å². The van der Waals surface area contributed by atoms with Gasteiger partial charge in [-0.3, -0.25) is 15.0 Å². The van der Waals surface area contributed by atoms with Crippen LogP contribution in [0.3, 0.4) is 0 Å². The summed E-state index contributed by atoms with van der Waals surface area (Å²) >= 11 is 0. The number of furan rings is 1. The van der Waals surface area contributed by atoms with Gasteiger partial charge in [0.1, 0.15) is 18.3 Å². The number of hydrogen-bond donors (Lipinski definition) is 1. The van der Waals surface area contributed by atoms with Gasteiger partial charge in [0, 0.05) is 44.0 Å².